The number of hydrogen-bond acceptors (Lipinski definition) is 5. The van der Waals surface area contributed by atoms with Gasteiger partial charge in [0.15, 0.2) is 0 Å². The van der Waals surface area contributed by atoms with E-state index in [0.29, 0.717) is 12.2 Å². The Morgan fingerprint density at radius 3 is 2.95 bits per heavy atom. The second kappa shape index (κ2) is 6.35. The highest BCUT2D eigenvalue weighted by Crippen LogP contribution is 2.26. The van der Waals surface area contributed by atoms with Gasteiger partial charge in [0.2, 0.25) is 0 Å². The predicted molar refractivity (Wildman–Crippen MR) is 79.4 cm³/mol. The molecular weight excluding hydrogens is 274 g/mol. The monoisotopic (exact) mass is 291 g/mol. The van der Waals surface area contributed by atoms with Crippen molar-refractivity contribution < 1.29 is 14.3 Å². The highest BCUT2D eigenvalue weighted by Gasteiger charge is 2.14. The van der Waals surface area contributed by atoms with Gasteiger partial charge >= 0.3 is 5.97 Å². The van der Waals surface area contributed by atoms with E-state index in [4.69, 9.17) is 9.47 Å². The zero-order valence-electron chi connectivity index (χ0n) is 11.2. The van der Waals surface area contributed by atoms with Gasteiger partial charge in [-0.25, -0.2) is 4.79 Å². The van der Waals surface area contributed by atoms with Crippen LogP contribution in [0.15, 0.2) is 29.6 Å². The molecule has 0 radical (unpaired) electrons. The Labute approximate surface area is 121 Å². The molecule has 5 heteroatoms. The molecule has 1 aromatic carbocycles. The van der Waals surface area contributed by atoms with Gasteiger partial charge in [-0.3, -0.25) is 4.90 Å². The summed E-state index contributed by atoms with van der Waals surface area (Å²) in [5.41, 5.74) is 0.674. The summed E-state index contributed by atoms with van der Waals surface area (Å²) in [5.74, 6) is -0.226. The summed E-state index contributed by atoms with van der Waals surface area (Å²) in [6, 6.07) is 7.90. The van der Waals surface area contributed by atoms with E-state index in [9.17, 15) is 4.79 Å². The second-order valence-corrected chi connectivity index (χ2v) is 5.65. The number of benzene rings is 1. The molecule has 1 aliphatic rings. The van der Waals surface area contributed by atoms with Gasteiger partial charge in [0, 0.05) is 35.1 Å². The number of hydrogen-bond donors (Lipinski definition) is 0. The molecule has 2 aromatic rings. The number of esters is 1. The van der Waals surface area contributed by atoms with Crippen molar-refractivity contribution in [2.45, 2.75) is 0 Å². The van der Waals surface area contributed by atoms with Crippen molar-refractivity contribution in [1.29, 1.82) is 0 Å². The van der Waals surface area contributed by atoms with E-state index < -0.39 is 0 Å². The number of fused-ring (bicyclic) bond motifs is 1. The second-order valence-electron chi connectivity index (χ2n) is 4.74. The molecule has 1 saturated heterocycles. The van der Waals surface area contributed by atoms with Gasteiger partial charge in [-0.2, -0.15) is 0 Å². The van der Waals surface area contributed by atoms with Gasteiger partial charge in [0.05, 0.1) is 18.8 Å². The SMILES string of the molecule is O=C(OCCN1CCOCC1)c1csc2ccccc12. The third kappa shape index (κ3) is 3.00. The van der Waals surface area contributed by atoms with Crippen LogP contribution in [0.5, 0.6) is 0 Å². The minimum absolute atomic E-state index is 0.226. The van der Waals surface area contributed by atoms with E-state index in [2.05, 4.69) is 4.90 Å². The van der Waals surface area contributed by atoms with Crippen LogP contribution in [0.2, 0.25) is 0 Å². The number of thiophene rings is 1. The molecular formula is C15H17NO3S. The van der Waals surface area contributed by atoms with Crippen LogP contribution in [0.4, 0.5) is 0 Å². The van der Waals surface area contributed by atoms with Crippen molar-refractivity contribution in [3.63, 3.8) is 0 Å². The highest BCUT2D eigenvalue weighted by atomic mass is 32.1. The maximum Gasteiger partial charge on any atom is 0.339 e. The van der Waals surface area contributed by atoms with Crippen molar-refractivity contribution in [2.24, 2.45) is 0 Å². The zero-order chi connectivity index (χ0) is 13.8. The van der Waals surface area contributed by atoms with Gasteiger partial charge < -0.3 is 9.47 Å². The van der Waals surface area contributed by atoms with Crippen LogP contribution in [-0.4, -0.2) is 50.3 Å². The Morgan fingerprint density at radius 1 is 1.30 bits per heavy atom. The Bertz CT molecular complexity index is 590. The molecule has 1 fully saturated rings. The molecule has 1 aromatic heterocycles. The molecule has 0 unspecified atom stereocenters. The predicted octanol–water partition coefficient (Wildman–Crippen LogP) is 2.39. The molecule has 3 rings (SSSR count). The first kappa shape index (κ1) is 13.5. The third-order valence-electron chi connectivity index (χ3n) is 3.45. The first-order valence-corrected chi connectivity index (χ1v) is 7.66. The molecule has 0 atom stereocenters. The summed E-state index contributed by atoms with van der Waals surface area (Å²) in [4.78, 5) is 14.4. The third-order valence-corrected chi connectivity index (χ3v) is 4.41. The van der Waals surface area contributed by atoms with Gasteiger partial charge in [-0.05, 0) is 6.07 Å². The number of morpholine rings is 1. The lowest BCUT2D eigenvalue weighted by Gasteiger charge is -2.26. The Hall–Kier alpha value is -1.43. The maximum atomic E-state index is 12.1. The summed E-state index contributed by atoms with van der Waals surface area (Å²) in [6.07, 6.45) is 0. The zero-order valence-corrected chi connectivity index (χ0v) is 12.0. The van der Waals surface area contributed by atoms with Crippen LogP contribution >= 0.6 is 11.3 Å². The normalized spacial score (nSPS) is 16.4. The summed E-state index contributed by atoms with van der Waals surface area (Å²) in [5, 5.41) is 2.86. The number of carbonyl (C=O) groups excluding carboxylic acids is 1. The van der Waals surface area contributed by atoms with Crippen molar-refractivity contribution in [2.75, 3.05) is 39.5 Å². The van der Waals surface area contributed by atoms with Crippen LogP contribution in [0.3, 0.4) is 0 Å². The molecule has 0 saturated carbocycles. The van der Waals surface area contributed by atoms with E-state index in [1.807, 2.05) is 29.6 Å². The molecule has 2 heterocycles. The van der Waals surface area contributed by atoms with E-state index in [1.165, 1.54) is 0 Å². The number of ether oxygens (including phenoxy) is 2. The Balaban J connectivity index is 1.56. The van der Waals surface area contributed by atoms with Crippen LogP contribution in [0.1, 0.15) is 10.4 Å². The van der Waals surface area contributed by atoms with Gasteiger partial charge in [0.1, 0.15) is 6.61 Å². The topological polar surface area (TPSA) is 38.8 Å². The quantitative estimate of drug-likeness (QED) is 0.811. The van der Waals surface area contributed by atoms with E-state index >= 15 is 0 Å². The molecule has 20 heavy (non-hydrogen) atoms. The number of carbonyl (C=O) groups is 1. The molecule has 0 aliphatic carbocycles. The van der Waals surface area contributed by atoms with Crippen molar-refractivity contribution in [3.05, 3.63) is 35.2 Å². The van der Waals surface area contributed by atoms with Gasteiger partial charge in [-0.1, -0.05) is 18.2 Å². The van der Waals surface area contributed by atoms with Gasteiger partial charge in [-0.15, -0.1) is 11.3 Å². The van der Waals surface area contributed by atoms with Crippen molar-refractivity contribution in [3.8, 4) is 0 Å². The summed E-state index contributed by atoms with van der Waals surface area (Å²) in [6.45, 7) is 4.57. The van der Waals surface area contributed by atoms with E-state index in [1.54, 1.807) is 11.3 Å². The average Bonchev–Trinajstić information content (AvgIpc) is 2.92. The average molecular weight is 291 g/mol. The molecule has 0 amide bonds. The molecule has 106 valence electrons. The lowest BCUT2D eigenvalue weighted by Crippen LogP contribution is -2.38. The summed E-state index contributed by atoms with van der Waals surface area (Å²) < 4.78 is 11.8. The van der Waals surface area contributed by atoms with Gasteiger partial charge in [0.25, 0.3) is 0 Å². The Morgan fingerprint density at radius 2 is 2.10 bits per heavy atom. The molecule has 1 aliphatic heterocycles. The minimum Gasteiger partial charge on any atom is -0.461 e. The first-order valence-electron chi connectivity index (χ1n) is 6.78. The number of nitrogens with zero attached hydrogens (tertiary/aromatic N) is 1. The van der Waals surface area contributed by atoms with Crippen molar-refractivity contribution >= 4 is 27.4 Å². The summed E-state index contributed by atoms with van der Waals surface area (Å²) in [7, 11) is 0. The van der Waals surface area contributed by atoms with Crippen LogP contribution in [-0.2, 0) is 9.47 Å². The fourth-order valence-electron chi connectivity index (χ4n) is 2.31. The molecule has 0 N–H and O–H groups in total. The standard InChI is InChI=1S/C15H17NO3S/c17-15(19-10-7-16-5-8-18-9-6-16)13-11-20-14-4-2-1-3-12(13)14/h1-4,11H,5-10H2. The van der Waals surface area contributed by atoms with Crippen LogP contribution in [0, 0.1) is 0 Å². The summed E-state index contributed by atoms with van der Waals surface area (Å²) >= 11 is 1.58. The number of rotatable bonds is 4. The minimum atomic E-state index is -0.226. The molecule has 0 spiro atoms. The molecule has 4 nitrogen and oxygen atoms in total. The molecule has 0 bridgehead atoms. The fourth-order valence-corrected chi connectivity index (χ4v) is 3.24. The fraction of sp³-hybridized carbons (Fsp3) is 0.400. The lowest BCUT2D eigenvalue weighted by atomic mass is 10.2. The smallest absolute Gasteiger partial charge is 0.339 e. The Kier molecular flexibility index (Phi) is 4.30. The van der Waals surface area contributed by atoms with E-state index in [-0.39, 0.29) is 5.97 Å². The van der Waals surface area contributed by atoms with Crippen LogP contribution < -0.4 is 0 Å². The lowest BCUT2D eigenvalue weighted by molar-refractivity contribution is 0.0196. The van der Waals surface area contributed by atoms with E-state index in [0.717, 1.165) is 42.9 Å². The van der Waals surface area contributed by atoms with Crippen molar-refractivity contribution in [1.82, 2.24) is 4.90 Å². The highest BCUT2D eigenvalue weighted by molar-refractivity contribution is 7.17. The first-order chi connectivity index (χ1) is 9.84. The van der Waals surface area contributed by atoms with Crippen LogP contribution in [0.25, 0.3) is 10.1 Å². The maximum absolute atomic E-state index is 12.1. The largest absolute Gasteiger partial charge is 0.461 e.